The van der Waals surface area contributed by atoms with Crippen molar-refractivity contribution < 1.29 is 8.23 Å². The minimum absolute atomic E-state index is 1.06. The molecule has 5 heteroatoms. The van der Waals surface area contributed by atoms with Crippen LogP contribution in [0.25, 0.3) is 0 Å². The third-order valence-electron chi connectivity index (χ3n) is 4.66. The first-order valence-electron chi connectivity index (χ1n) is 8.93. The van der Waals surface area contributed by atoms with Gasteiger partial charge in [-0.3, -0.25) is 0 Å². The van der Waals surface area contributed by atoms with Crippen molar-refractivity contribution in [3.05, 3.63) is 110 Å². The SMILES string of the molecule is C=C[Si](C)(C=C)O[Si](O[Si](C)(C=C)C=C)(c1ccccc1)c1ccccc1. The van der Waals surface area contributed by atoms with Crippen molar-refractivity contribution in [1.29, 1.82) is 0 Å². The largest absolute Gasteiger partial charge is 0.423 e. The monoisotopic (exact) mass is 408 g/mol. The van der Waals surface area contributed by atoms with Gasteiger partial charge in [-0.15, -0.1) is 26.3 Å². The molecule has 0 unspecified atom stereocenters. The summed E-state index contributed by atoms with van der Waals surface area (Å²) in [5.41, 5.74) is 7.60. The third-order valence-corrected chi connectivity index (χ3v) is 15.9. The Bertz CT molecular complexity index is 717. The first-order chi connectivity index (χ1) is 12.9. The average Bonchev–Trinajstić information content (AvgIpc) is 2.74. The van der Waals surface area contributed by atoms with E-state index in [0.717, 1.165) is 10.4 Å². The van der Waals surface area contributed by atoms with Crippen molar-refractivity contribution in [3.8, 4) is 0 Å². The van der Waals surface area contributed by atoms with Gasteiger partial charge in [0.05, 0.1) is 0 Å². The molecular formula is C22H28O2Si3. The topological polar surface area (TPSA) is 18.5 Å². The highest BCUT2D eigenvalue weighted by Crippen LogP contribution is 2.23. The highest BCUT2D eigenvalue weighted by Gasteiger charge is 2.50. The van der Waals surface area contributed by atoms with Crippen LogP contribution in [-0.4, -0.2) is 25.2 Å². The fraction of sp³-hybridized carbons (Fsp3) is 0.0909. The van der Waals surface area contributed by atoms with Gasteiger partial charge < -0.3 is 8.23 Å². The molecule has 0 aliphatic rings. The zero-order valence-electron chi connectivity index (χ0n) is 16.2. The second-order valence-corrected chi connectivity index (χ2v) is 17.1. The Morgan fingerprint density at radius 2 is 0.889 bits per heavy atom. The molecule has 0 aromatic heterocycles. The van der Waals surface area contributed by atoms with Gasteiger partial charge in [-0.1, -0.05) is 83.5 Å². The summed E-state index contributed by atoms with van der Waals surface area (Å²) in [6.07, 6.45) is 0. The van der Waals surface area contributed by atoms with Gasteiger partial charge in [0.15, 0.2) is 0 Å². The lowest BCUT2D eigenvalue weighted by Crippen LogP contribution is -2.70. The van der Waals surface area contributed by atoms with E-state index in [4.69, 9.17) is 8.23 Å². The Kier molecular flexibility index (Phi) is 6.91. The van der Waals surface area contributed by atoms with E-state index in [1.165, 1.54) is 0 Å². The van der Waals surface area contributed by atoms with Crippen LogP contribution < -0.4 is 10.4 Å². The molecule has 0 bridgehead atoms. The van der Waals surface area contributed by atoms with Crippen molar-refractivity contribution in [3.63, 3.8) is 0 Å². The molecule has 27 heavy (non-hydrogen) atoms. The molecule has 2 aromatic carbocycles. The third kappa shape index (κ3) is 4.63. The number of benzene rings is 2. The summed E-state index contributed by atoms with van der Waals surface area (Å²) in [5, 5.41) is 2.11. The maximum Gasteiger partial charge on any atom is 0.387 e. The second-order valence-electron chi connectivity index (χ2n) is 6.74. The average molecular weight is 409 g/mol. The molecule has 0 amide bonds. The molecule has 0 N–H and O–H groups in total. The van der Waals surface area contributed by atoms with E-state index >= 15 is 0 Å². The normalized spacial score (nSPS) is 12.2. The minimum atomic E-state index is -3.06. The van der Waals surface area contributed by atoms with Gasteiger partial charge in [-0.2, -0.15) is 0 Å². The smallest absolute Gasteiger partial charge is 0.387 e. The lowest BCUT2D eigenvalue weighted by Gasteiger charge is -2.41. The Morgan fingerprint density at radius 1 is 0.593 bits per heavy atom. The van der Waals surface area contributed by atoms with Crippen LogP contribution in [0.2, 0.25) is 13.1 Å². The molecule has 2 nitrogen and oxygen atoms in total. The van der Waals surface area contributed by atoms with Gasteiger partial charge >= 0.3 is 8.56 Å². The maximum absolute atomic E-state index is 6.95. The molecule has 0 heterocycles. The Balaban J connectivity index is 2.80. The van der Waals surface area contributed by atoms with Crippen molar-refractivity contribution in [2.75, 3.05) is 0 Å². The van der Waals surface area contributed by atoms with Crippen molar-refractivity contribution in [2.45, 2.75) is 13.1 Å². The van der Waals surface area contributed by atoms with Crippen LogP contribution in [-0.2, 0) is 8.23 Å². The summed E-state index contributed by atoms with van der Waals surface area (Å²) in [7, 11) is -7.87. The molecule has 0 saturated heterocycles. The lowest BCUT2D eigenvalue weighted by atomic mass is 10.4. The molecule has 0 fully saturated rings. The molecule has 0 atom stereocenters. The van der Waals surface area contributed by atoms with Crippen molar-refractivity contribution in [2.24, 2.45) is 0 Å². The van der Waals surface area contributed by atoms with Crippen LogP contribution in [0, 0.1) is 0 Å². The summed E-state index contributed by atoms with van der Waals surface area (Å²) < 4.78 is 13.9. The minimum Gasteiger partial charge on any atom is -0.423 e. The fourth-order valence-electron chi connectivity index (χ4n) is 2.69. The van der Waals surface area contributed by atoms with Crippen LogP contribution >= 0.6 is 0 Å². The van der Waals surface area contributed by atoms with Crippen LogP contribution in [0.5, 0.6) is 0 Å². The number of hydrogen-bond acceptors (Lipinski definition) is 2. The van der Waals surface area contributed by atoms with Crippen LogP contribution in [0.3, 0.4) is 0 Å². The Labute approximate surface area is 166 Å². The van der Waals surface area contributed by atoms with Gasteiger partial charge in [0.1, 0.15) is 0 Å². The van der Waals surface area contributed by atoms with E-state index in [2.05, 4.69) is 63.7 Å². The second kappa shape index (κ2) is 8.77. The van der Waals surface area contributed by atoms with Gasteiger partial charge in [0, 0.05) is 0 Å². The Hall–Kier alpha value is -2.03. The molecular weight excluding hydrogens is 380 g/mol. The highest BCUT2D eigenvalue weighted by molar-refractivity contribution is 7.05. The summed E-state index contributed by atoms with van der Waals surface area (Å²) >= 11 is 0. The quantitative estimate of drug-likeness (QED) is 0.545. The van der Waals surface area contributed by atoms with E-state index in [1.54, 1.807) is 0 Å². The van der Waals surface area contributed by atoms with Crippen molar-refractivity contribution in [1.82, 2.24) is 0 Å². The van der Waals surface area contributed by atoms with Crippen LogP contribution in [0.15, 0.2) is 110 Å². The molecule has 0 spiro atoms. The van der Waals surface area contributed by atoms with E-state index in [-0.39, 0.29) is 0 Å². The fourth-order valence-corrected chi connectivity index (χ4v) is 13.3. The zero-order valence-corrected chi connectivity index (χ0v) is 19.2. The molecule has 2 rings (SSSR count). The highest BCUT2D eigenvalue weighted by atomic mass is 28.5. The Morgan fingerprint density at radius 3 is 1.15 bits per heavy atom. The summed E-state index contributed by atoms with van der Waals surface area (Å²) in [6.45, 7) is 20.2. The maximum atomic E-state index is 6.95. The zero-order chi connectivity index (χ0) is 20.0. The number of rotatable bonds is 10. The molecule has 2 aromatic rings. The van der Waals surface area contributed by atoms with E-state index < -0.39 is 25.2 Å². The predicted octanol–water partition coefficient (Wildman–Crippen LogP) is 4.33. The van der Waals surface area contributed by atoms with E-state index in [9.17, 15) is 0 Å². The summed E-state index contributed by atoms with van der Waals surface area (Å²) in [6, 6.07) is 20.4. The molecule has 0 radical (unpaired) electrons. The predicted molar refractivity (Wildman–Crippen MR) is 124 cm³/mol. The first-order valence-corrected chi connectivity index (χ1v) is 15.9. The summed E-state index contributed by atoms with van der Waals surface area (Å²) in [4.78, 5) is 0. The van der Waals surface area contributed by atoms with Crippen molar-refractivity contribution >= 4 is 35.6 Å². The van der Waals surface area contributed by atoms with Crippen LogP contribution in [0.4, 0.5) is 0 Å². The van der Waals surface area contributed by atoms with E-state index in [0.29, 0.717) is 0 Å². The molecule has 0 aliphatic heterocycles. The summed E-state index contributed by atoms with van der Waals surface area (Å²) in [5.74, 6) is 0. The molecule has 0 saturated carbocycles. The van der Waals surface area contributed by atoms with Gasteiger partial charge in [-0.25, -0.2) is 0 Å². The van der Waals surface area contributed by atoms with Gasteiger partial charge in [-0.05, 0) is 23.5 Å². The lowest BCUT2D eigenvalue weighted by molar-refractivity contribution is 0.423. The standard InChI is InChI=1S/C22H28O2Si3/c1-7-25(5,8-2)23-27(21-17-13-11-14-18-21,22-19-15-12-16-20-22)24-26(6,9-3)10-4/h7-20H,1-4H2,5-6H3. The molecule has 140 valence electrons. The van der Waals surface area contributed by atoms with Crippen LogP contribution in [0.1, 0.15) is 0 Å². The number of hydrogen-bond donors (Lipinski definition) is 0. The van der Waals surface area contributed by atoms with E-state index in [1.807, 2.05) is 59.2 Å². The van der Waals surface area contributed by atoms with Gasteiger partial charge in [0.2, 0.25) is 16.6 Å². The molecule has 0 aliphatic carbocycles. The first kappa shape index (κ1) is 21.3. The van der Waals surface area contributed by atoms with Gasteiger partial charge in [0.25, 0.3) is 0 Å².